The number of carbonyl (C=O) groups is 4. The quantitative estimate of drug-likeness (QED) is 0.255. The first-order valence-corrected chi connectivity index (χ1v) is 14.7. The van der Waals surface area contributed by atoms with Gasteiger partial charge in [-0.1, -0.05) is 24.3 Å². The first kappa shape index (κ1) is 27.4. The number of halogens is 1. The molecule has 2 fully saturated rings. The van der Waals surface area contributed by atoms with Gasteiger partial charge in [-0.15, -0.1) is 4.68 Å². The number of Topliss-reactive ketones (excluding diaryl/α,β-unsaturated/α-hetero) is 1. The summed E-state index contributed by atoms with van der Waals surface area (Å²) in [6, 6.07) is 9.97. The van der Waals surface area contributed by atoms with E-state index in [9.17, 15) is 24.3 Å². The van der Waals surface area contributed by atoms with E-state index in [2.05, 4.69) is 10.00 Å². The van der Waals surface area contributed by atoms with Gasteiger partial charge >= 0.3 is 11.7 Å². The number of hydrogen-bond acceptors (Lipinski definition) is 8. The van der Waals surface area contributed by atoms with Crippen molar-refractivity contribution in [2.75, 3.05) is 49.1 Å². The van der Waals surface area contributed by atoms with Gasteiger partial charge < -0.3 is 14.9 Å². The van der Waals surface area contributed by atoms with Gasteiger partial charge in [-0.3, -0.25) is 24.1 Å². The molecule has 11 nitrogen and oxygen atoms in total. The van der Waals surface area contributed by atoms with Crippen molar-refractivity contribution in [2.45, 2.75) is 31.8 Å². The fraction of sp³-hybridized carbons (Fsp3) is 0.419. The number of aromatic nitrogens is 3. The maximum absolute atomic E-state index is 15.4. The van der Waals surface area contributed by atoms with E-state index < -0.39 is 23.5 Å². The van der Waals surface area contributed by atoms with E-state index in [0.29, 0.717) is 60.9 Å². The molecule has 1 saturated heterocycles. The van der Waals surface area contributed by atoms with Gasteiger partial charge in [0.1, 0.15) is 18.3 Å². The molecule has 0 bridgehead atoms. The minimum Gasteiger partial charge on any atom is -0.481 e. The fourth-order valence-electron chi connectivity index (χ4n) is 6.65. The van der Waals surface area contributed by atoms with Gasteiger partial charge in [-0.25, -0.2) is 4.39 Å². The number of anilines is 2. The van der Waals surface area contributed by atoms with Gasteiger partial charge in [0.2, 0.25) is 11.6 Å². The number of carboxylic acids is 1. The van der Waals surface area contributed by atoms with E-state index in [4.69, 9.17) is 0 Å². The van der Waals surface area contributed by atoms with Crippen LogP contribution in [0.15, 0.2) is 36.4 Å². The second-order valence-corrected chi connectivity index (χ2v) is 11.8. The molecular formula is C31H32FN6O5+. The van der Waals surface area contributed by atoms with Gasteiger partial charge in [-0.05, 0) is 36.2 Å². The molecule has 4 aliphatic rings. The Morgan fingerprint density at radius 3 is 2.37 bits per heavy atom. The van der Waals surface area contributed by atoms with Crippen LogP contribution >= 0.6 is 0 Å². The largest absolute Gasteiger partial charge is 0.481 e. The number of ketones is 3. The van der Waals surface area contributed by atoms with Gasteiger partial charge in [-0.2, -0.15) is 0 Å². The molecule has 1 N–H and O–H groups in total. The van der Waals surface area contributed by atoms with Crippen molar-refractivity contribution in [2.24, 2.45) is 13.0 Å². The van der Waals surface area contributed by atoms with E-state index in [1.165, 1.54) is 6.07 Å². The van der Waals surface area contributed by atoms with Crippen molar-refractivity contribution in [1.82, 2.24) is 14.8 Å². The number of nitrogens with zero attached hydrogens (tertiary/aromatic N) is 6. The Bertz CT molecular complexity index is 1690. The van der Waals surface area contributed by atoms with E-state index in [1.807, 2.05) is 9.80 Å². The Morgan fingerprint density at radius 1 is 1.00 bits per heavy atom. The van der Waals surface area contributed by atoms with Crippen LogP contribution in [0.1, 0.15) is 61.7 Å². The van der Waals surface area contributed by atoms with Crippen molar-refractivity contribution in [3.8, 4) is 0 Å². The first-order valence-electron chi connectivity index (χ1n) is 14.7. The predicted molar refractivity (Wildman–Crippen MR) is 152 cm³/mol. The molecule has 2 aliphatic heterocycles. The minimum absolute atomic E-state index is 0.120. The number of aryl methyl sites for hydroxylation is 1. The highest BCUT2D eigenvalue weighted by Crippen LogP contribution is 2.41. The number of aliphatic carboxylic acids is 1. The molecule has 3 aromatic rings. The van der Waals surface area contributed by atoms with Crippen molar-refractivity contribution >= 4 is 34.7 Å². The lowest BCUT2D eigenvalue weighted by Crippen LogP contribution is -2.50. The molecule has 12 heteroatoms. The number of carbonyl (C=O) groups excluding carboxylic acids is 3. The second kappa shape index (κ2) is 10.4. The maximum atomic E-state index is 15.4. The minimum atomic E-state index is -1.17. The molecule has 222 valence electrons. The molecule has 43 heavy (non-hydrogen) atoms. The molecule has 2 aliphatic carbocycles. The molecular weight excluding hydrogens is 555 g/mol. The average molecular weight is 588 g/mol. The third-order valence-electron chi connectivity index (χ3n) is 9.10. The molecule has 2 aromatic carbocycles. The van der Waals surface area contributed by atoms with Crippen LogP contribution in [0.5, 0.6) is 0 Å². The highest BCUT2D eigenvalue weighted by molar-refractivity contribution is 6.26. The van der Waals surface area contributed by atoms with Crippen LogP contribution in [0.4, 0.5) is 15.8 Å². The molecule has 0 radical (unpaired) electrons. The van der Waals surface area contributed by atoms with Crippen LogP contribution in [0.25, 0.3) is 0 Å². The molecule has 1 saturated carbocycles. The number of fused-ring (bicyclic) bond motifs is 3. The Labute approximate surface area is 247 Å². The van der Waals surface area contributed by atoms with Gasteiger partial charge in [0.25, 0.3) is 5.69 Å². The normalized spacial score (nSPS) is 20.2. The topological polar surface area (TPSA) is 120 Å². The van der Waals surface area contributed by atoms with Crippen LogP contribution < -0.4 is 14.5 Å². The third kappa shape index (κ3) is 4.60. The molecule has 0 spiro atoms. The Hall–Kier alpha value is -4.45. The molecule has 1 atom stereocenters. The zero-order valence-electron chi connectivity index (χ0n) is 23.8. The summed E-state index contributed by atoms with van der Waals surface area (Å²) in [5.41, 5.74) is 2.53. The van der Waals surface area contributed by atoms with Gasteiger partial charge in [0.05, 0.1) is 23.5 Å². The molecule has 1 unspecified atom stereocenters. The third-order valence-corrected chi connectivity index (χ3v) is 9.10. The van der Waals surface area contributed by atoms with E-state index >= 15 is 4.39 Å². The summed E-state index contributed by atoms with van der Waals surface area (Å²) in [5, 5.41) is 13.9. The molecule has 3 heterocycles. The van der Waals surface area contributed by atoms with Crippen LogP contribution in [-0.4, -0.2) is 88.5 Å². The SMILES string of the molecule is Cn1nc2c([n+]1CCCN1CCN(c3cc4c(cc3F)C(=O)C(C(=O)O)CN4C3CC3)CC1)C(=O)c1ccccc1C2=O. The standard InChI is InChI=1S/C31H31FN6O5/c1-34-33-26-27(30(41)20-6-3-2-5-19(20)29(26)40)38(34)10-4-9-35-11-13-36(14-12-35)25-16-24-21(15-23(25)32)28(39)22(31(42)43)17-37(24)18-7-8-18/h2-3,5-6,15-16,18,22H,4,7-14,17H2,1H3/p+1. The summed E-state index contributed by atoms with van der Waals surface area (Å²) in [6.07, 6.45) is 2.60. The first-order chi connectivity index (χ1) is 20.7. The number of benzene rings is 2. The Balaban J connectivity index is 1.01. The highest BCUT2D eigenvalue weighted by atomic mass is 19.1. The summed E-state index contributed by atoms with van der Waals surface area (Å²) in [4.78, 5) is 58.6. The molecule has 7 rings (SSSR count). The summed E-state index contributed by atoms with van der Waals surface area (Å²) >= 11 is 0. The van der Waals surface area contributed by atoms with E-state index in [-0.39, 0.29) is 35.4 Å². The van der Waals surface area contributed by atoms with E-state index in [0.717, 1.165) is 25.8 Å². The van der Waals surface area contributed by atoms with Crippen LogP contribution in [0.2, 0.25) is 0 Å². The molecule has 1 aromatic heterocycles. The fourth-order valence-corrected chi connectivity index (χ4v) is 6.65. The average Bonchev–Trinajstić information content (AvgIpc) is 3.79. The monoisotopic (exact) mass is 587 g/mol. The predicted octanol–water partition coefficient (Wildman–Crippen LogP) is 1.70. The highest BCUT2D eigenvalue weighted by Gasteiger charge is 2.44. The number of carboxylic acid groups (broad SMARTS) is 1. The zero-order chi connectivity index (χ0) is 30.0. The summed E-state index contributed by atoms with van der Waals surface area (Å²) in [7, 11) is 1.73. The van der Waals surface area contributed by atoms with Crippen LogP contribution in [0, 0.1) is 11.7 Å². The number of rotatable bonds is 7. The maximum Gasteiger partial charge on any atom is 0.316 e. The van der Waals surface area contributed by atoms with Crippen molar-refractivity contribution in [3.05, 3.63) is 70.3 Å². The summed E-state index contributed by atoms with van der Waals surface area (Å²) in [6.45, 7) is 4.01. The van der Waals surface area contributed by atoms with Crippen molar-refractivity contribution in [1.29, 1.82) is 0 Å². The van der Waals surface area contributed by atoms with E-state index in [1.54, 1.807) is 46.9 Å². The summed E-state index contributed by atoms with van der Waals surface area (Å²) < 4.78 is 17.1. The second-order valence-electron chi connectivity index (χ2n) is 11.8. The van der Waals surface area contributed by atoms with Crippen molar-refractivity contribution in [3.63, 3.8) is 0 Å². The lowest BCUT2D eigenvalue weighted by molar-refractivity contribution is -0.779. The van der Waals surface area contributed by atoms with Crippen LogP contribution in [0.3, 0.4) is 0 Å². The summed E-state index contributed by atoms with van der Waals surface area (Å²) in [5.74, 6) is -3.82. The van der Waals surface area contributed by atoms with Gasteiger partial charge in [0.15, 0.2) is 5.78 Å². The zero-order valence-corrected chi connectivity index (χ0v) is 23.8. The van der Waals surface area contributed by atoms with Crippen LogP contribution in [-0.2, 0) is 18.4 Å². The Kier molecular flexibility index (Phi) is 6.60. The smallest absolute Gasteiger partial charge is 0.316 e. The lowest BCUT2D eigenvalue weighted by atomic mass is 9.90. The Morgan fingerprint density at radius 2 is 1.70 bits per heavy atom. The lowest BCUT2D eigenvalue weighted by Gasteiger charge is -2.38. The number of piperazine rings is 1. The van der Waals surface area contributed by atoms with Gasteiger partial charge in [0, 0.05) is 62.0 Å². The molecule has 0 amide bonds. The van der Waals surface area contributed by atoms with Crippen molar-refractivity contribution < 1.29 is 33.4 Å². The number of hydrogen-bond donors (Lipinski definition) is 1.